The average Bonchev–Trinajstić information content (AvgIpc) is 3.51. The Kier molecular flexibility index (Phi) is 8.71. The summed E-state index contributed by atoms with van der Waals surface area (Å²) >= 11 is 1.19. The summed E-state index contributed by atoms with van der Waals surface area (Å²) in [6.45, 7) is 10.0. The molecular formula is C32H44N2O5S2. The number of piperidine rings is 1. The number of esters is 1. The van der Waals surface area contributed by atoms with E-state index < -0.39 is 21.9 Å². The van der Waals surface area contributed by atoms with Crippen LogP contribution in [0.4, 0.5) is 0 Å². The molecule has 1 aromatic heterocycles. The van der Waals surface area contributed by atoms with Crippen molar-refractivity contribution in [3.8, 4) is 0 Å². The maximum absolute atomic E-state index is 12.8. The molecular weight excluding hydrogens is 556 g/mol. The number of sulfonamides is 1. The fourth-order valence-corrected chi connectivity index (χ4v) is 10.3. The van der Waals surface area contributed by atoms with Gasteiger partial charge in [0.2, 0.25) is 0 Å². The second-order valence-electron chi connectivity index (χ2n) is 13.1. The molecule has 1 amide bonds. The van der Waals surface area contributed by atoms with E-state index in [0.717, 1.165) is 25.7 Å². The van der Waals surface area contributed by atoms with Crippen molar-refractivity contribution in [2.45, 2.75) is 88.2 Å². The minimum Gasteiger partial charge on any atom is -0.455 e. The van der Waals surface area contributed by atoms with Crippen LogP contribution in [-0.2, 0) is 36.2 Å². The molecule has 2 heterocycles. The van der Waals surface area contributed by atoms with Crippen molar-refractivity contribution in [3.05, 3.63) is 52.4 Å². The van der Waals surface area contributed by atoms with Crippen molar-refractivity contribution in [2.24, 2.45) is 17.3 Å². The number of nitrogens with one attached hydrogen (secondary N) is 1. The monoisotopic (exact) mass is 600 g/mol. The van der Waals surface area contributed by atoms with Crippen LogP contribution < -0.4 is 5.32 Å². The van der Waals surface area contributed by atoms with Crippen LogP contribution in [0, 0.1) is 17.3 Å². The van der Waals surface area contributed by atoms with Gasteiger partial charge in [-0.05, 0) is 89.3 Å². The zero-order valence-electron chi connectivity index (χ0n) is 24.8. The number of nitrogens with zero attached hydrogens (tertiary/aromatic N) is 1. The fraction of sp³-hybridized carbons (Fsp3) is 0.625. The van der Waals surface area contributed by atoms with Crippen molar-refractivity contribution < 1.29 is 22.7 Å². The molecule has 1 aliphatic heterocycles. The van der Waals surface area contributed by atoms with Gasteiger partial charge >= 0.3 is 5.97 Å². The zero-order chi connectivity index (χ0) is 29.4. The first-order valence-electron chi connectivity index (χ1n) is 15.0. The molecule has 0 bridgehead atoms. The molecule has 0 radical (unpaired) electrons. The molecule has 3 unspecified atom stereocenters. The second kappa shape index (κ2) is 11.8. The Morgan fingerprint density at radius 2 is 1.88 bits per heavy atom. The van der Waals surface area contributed by atoms with Gasteiger partial charge in [-0.2, -0.15) is 4.31 Å². The summed E-state index contributed by atoms with van der Waals surface area (Å²) in [5.41, 5.74) is 4.45. The van der Waals surface area contributed by atoms with Crippen LogP contribution >= 0.6 is 11.3 Å². The number of amides is 1. The molecule has 1 N–H and O–H groups in total. The Morgan fingerprint density at radius 1 is 1.12 bits per heavy atom. The second-order valence-corrected chi connectivity index (χ2v) is 16.2. The van der Waals surface area contributed by atoms with E-state index in [0.29, 0.717) is 35.4 Å². The molecule has 1 saturated carbocycles. The van der Waals surface area contributed by atoms with E-state index in [1.165, 1.54) is 38.8 Å². The van der Waals surface area contributed by atoms with E-state index in [4.69, 9.17) is 4.74 Å². The third-order valence-electron chi connectivity index (χ3n) is 10.1. The molecule has 3 aliphatic rings. The summed E-state index contributed by atoms with van der Waals surface area (Å²) in [7, 11) is -3.52. The van der Waals surface area contributed by atoms with E-state index in [1.807, 2.05) is 0 Å². The highest BCUT2D eigenvalue weighted by Gasteiger charge is 2.51. The lowest BCUT2D eigenvalue weighted by Gasteiger charge is -2.55. The quantitative estimate of drug-likeness (QED) is 0.396. The van der Waals surface area contributed by atoms with Crippen molar-refractivity contribution in [1.82, 2.24) is 9.62 Å². The third-order valence-corrected chi connectivity index (χ3v) is 13.4. The number of carbonyl (C=O) groups is 2. The lowest BCUT2D eigenvalue weighted by Crippen LogP contribution is -2.53. The molecule has 41 heavy (non-hydrogen) atoms. The lowest BCUT2D eigenvalue weighted by molar-refractivity contribution is -0.153. The first kappa shape index (κ1) is 30.2. The van der Waals surface area contributed by atoms with E-state index in [-0.39, 0.29) is 36.4 Å². The van der Waals surface area contributed by atoms with E-state index >= 15 is 0 Å². The van der Waals surface area contributed by atoms with Gasteiger partial charge in [-0.25, -0.2) is 8.42 Å². The molecule has 1 aromatic carbocycles. The average molecular weight is 601 g/mol. The summed E-state index contributed by atoms with van der Waals surface area (Å²) in [5.74, 6) is -0.101. The first-order valence-corrected chi connectivity index (χ1v) is 17.4. The predicted molar refractivity (Wildman–Crippen MR) is 161 cm³/mol. The van der Waals surface area contributed by atoms with Gasteiger partial charge in [0.1, 0.15) is 4.21 Å². The van der Waals surface area contributed by atoms with Crippen LogP contribution in [0.25, 0.3) is 0 Å². The minimum atomic E-state index is -3.52. The molecule has 2 aromatic rings. The Morgan fingerprint density at radius 3 is 2.56 bits per heavy atom. The normalized spacial score (nSPS) is 27.2. The van der Waals surface area contributed by atoms with Gasteiger partial charge < -0.3 is 10.1 Å². The van der Waals surface area contributed by atoms with Gasteiger partial charge in [0, 0.05) is 19.6 Å². The lowest BCUT2D eigenvalue weighted by atomic mass is 9.49. The number of ether oxygens (including phenoxy) is 1. The zero-order valence-corrected chi connectivity index (χ0v) is 26.4. The highest BCUT2D eigenvalue weighted by Crippen LogP contribution is 2.57. The third kappa shape index (κ3) is 6.00. The Hall–Kier alpha value is -2.23. The van der Waals surface area contributed by atoms with Crippen LogP contribution in [0.2, 0.25) is 0 Å². The number of fused-ring (bicyclic) bond motifs is 3. The molecule has 2 fully saturated rings. The summed E-state index contributed by atoms with van der Waals surface area (Å²) in [4.78, 5) is 25.5. The van der Waals surface area contributed by atoms with Crippen molar-refractivity contribution >= 4 is 33.2 Å². The van der Waals surface area contributed by atoms with Gasteiger partial charge in [-0.15, -0.1) is 11.3 Å². The van der Waals surface area contributed by atoms with Gasteiger partial charge in [0.05, 0.1) is 5.92 Å². The molecule has 3 atom stereocenters. The summed E-state index contributed by atoms with van der Waals surface area (Å²) in [6, 6.07) is 10.4. The molecule has 7 nitrogen and oxygen atoms in total. The number of benzene rings is 1. The van der Waals surface area contributed by atoms with Crippen LogP contribution in [0.15, 0.2) is 39.9 Å². The Labute approximate surface area is 249 Å². The first-order chi connectivity index (χ1) is 19.4. The van der Waals surface area contributed by atoms with E-state index in [1.54, 1.807) is 17.5 Å². The van der Waals surface area contributed by atoms with E-state index in [2.05, 4.69) is 51.2 Å². The van der Waals surface area contributed by atoms with Crippen LogP contribution in [0.1, 0.15) is 88.8 Å². The highest BCUT2D eigenvalue weighted by atomic mass is 32.2. The molecule has 224 valence electrons. The maximum atomic E-state index is 12.8. The smallest absolute Gasteiger partial charge is 0.309 e. The standard InChI is InChI=1S/C32H44N2O5S2/c1-22(2)24-8-10-26-25(19-24)9-11-27-31(3,14-6-15-32(26,27)4)21-33-28(35)20-39-30(36)23-12-16-34(17-13-23)41(37,38)29-7-5-18-40-29/h5,7-8,10,18-19,22-23,27H,6,9,11-17,20-21H2,1-4H3,(H,33,35). The van der Waals surface area contributed by atoms with Gasteiger partial charge in [-0.3, -0.25) is 9.59 Å². The highest BCUT2D eigenvalue weighted by molar-refractivity contribution is 7.91. The van der Waals surface area contributed by atoms with Crippen molar-refractivity contribution in [3.63, 3.8) is 0 Å². The van der Waals surface area contributed by atoms with Crippen LogP contribution in [0.3, 0.4) is 0 Å². The Balaban J connectivity index is 1.12. The molecule has 2 aliphatic carbocycles. The SMILES string of the molecule is CC(C)c1ccc2c(c1)CCC1C(C)(CNC(=O)COC(=O)C3CCN(S(=O)(=O)c4cccs4)CC3)CCCC21C. The van der Waals surface area contributed by atoms with Crippen molar-refractivity contribution in [2.75, 3.05) is 26.2 Å². The fourth-order valence-electron chi connectivity index (χ4n) is 7.69. The van der Waals surface area contributed by atoms with Crippen LogP contribution in [0.5, 0.6) is 0 Å². The summed E-state index contributed by atoms with van der Waals surface area (Å²) in [6.07, 6.45) is 6.34. The van der Waals surface area contributed by atoms with Gasteiger partial charge in [0.25, 0.3) is 15.9 Å². The largest absolute Gasteiger partial charge is 0.455 e. The molecule has 5 rings (SSSR count). The number of hydrogen-bond donors (Lipinski definition) is 1. The Bertz CT molecular complexity index is 1360. The molecule has 0 spiro atoms. The molecule has 1 saturated heterocycles. The number of thiophene rings is 1. The predicted octanol–water partition coefficient (Wildman–Crippen LogP) is 5.64. The van der Waals surface area contributed by atoms with E-state index in [9.17, 15) is 18.0 Å². The van der Waals surface area contributed by atoms with Crippen LogP contribution in [-0.4, -0.2) is 50.8 Å². The summed E-state index contributed by atoms with van der Waals surface area (Å²) < 4.78 is 32.6. The number of hydrogen-bond acceptors (Lipinski definition) is 6. The summed E-state index contributed by atoms with van der Waals surface area (Å²) in [5, 5.41) is 4.83. The maximum Gasteiger partial charge on any atom is 0.309 e. The van der Waals surface area contributed by atoms with Gasteiger partial charge in [-0.1, -0.05) is 58.4 Å². The number of aryl methyl sites for hydroxylation is 1. The van der Waals surface area contributed by atoms with Gasteiger partial charge in [0.15, 0.2) is 6.61 Å². The number of rotatable bonds is 8. The minimum absolute atomic E-state index is 0.0258. The van der Waals surface area contributed by atoms with Crippen molar-refractivity contribution in [1.29, 1.82) is 0 Å². The number of carbonyl (C=O) groups excluding carboxylic acids is 2. The molecule has 9 heteroatoms. The topological polar surface area (TPSA) is 92.8 Å².